The van der Waals surface area contributed by atoms with Crippen molar-refractivity contribution >= 4 is 29.4 Å². The van der Waals surface area contributed by atoms with Crippen molar-refractivity contribution in [1.82, 2.24) is 14.7 Å². The van der Waals surface area contributed by atoms with Crippen LogP contribution in [0.25, 0.3) is 0 Å². The second kappa shape index (κ2) is 8.74. The molecule has 2 saturated heterocycles. The molecule has 1 atom stereocenters. The number of benzene rings is 1. The highest BCUT2D eigenvalue weighted by molar-refractivity contribution is 6.30. The molecule has 34 heavy (non-hydrogen) atoms. The number of piperazine rings is 1. The van der Waals surface area contributed by atoms with E-state index in [-0.39, 0.29) is 24.4 Å². The zero-order valence-corrected chi connectivity index (χ0v) is 19.2. The lowest BCUT2D eigenvalue weighted by Gasteiger charge is -2.38. The van der Waals surface area contributed by atoms with Crippen LogP contribution in [0.1, 0.15) is 21.7 Å². The number of urea groups is 1. The van der Waals surface area contributed by atoms with E-state index in [1.807, 2.05) is 37.3 Å². The molecular weight excluding hydrogens is 434 g/mol. The van der Waals surface area contributed by atoms with E-state index in [0.29, 0.717) is 37.8 Å². The molecule has 9 nitrogen and oxygen atoms in total. The maximum absolute atomic E-state index is 13.7. The molecule has 0 N–H and O–H groups in total. The van der Waals surface area contributed by atoms with Crippen LogP contribution < -0.4 is 0 Å². The average molecular weight is 461 g/mol. The van der Waals surface area contributed by atoms with E-state index in [0.717, 1.165) is 16.8 Å². The largest absolute Gasteiger partial charge is 0.459 e. The minimum Gasteiger partial charge on any atom is -0.459 e. The second-order valence-corrected chi connectivity index (χ2v) is 8.61. The lowest BCUT2D eigenvalue weighted by molar-refractivity contribution is -0.538. The summed E-state index contributed by atoms with van der Waals surface area (Å²) in [6.45, 7) is 4.32. The quantitative estimate of drug-likeness (QED) is 0.657. The maximum atomic E-state index is 13.7. The Hall–Kier alpha value is -4.01. The van der Waals surface area contributed by atoms with Gasteiger partial charge in [-0.05, 0) is 30.2 Å². The fourth-order valence-corrected chi connectivity index (χ4v) is 4.65. The van der Waals surface area contributed by atoms with Gasteiger partial charge in [0, 0.05) is 19.3 Å². The van der Waals surface area contributed by atoms with Crippen LogP contribution >= 0.6 is 0 Å². The summed E-state index contributed by atoms with van der Waals surface area (Å²) in [5.74, 6) is -0.327. The molecule has 9 heteroatoms. The Balaban J connectivity index is 1.40. The van der Waals surface area contributed by atoms with Crippen LogP contribution in [0.15, 0.2) is 64.3 Å². The maximum Gasteiger partial charge on any atom is 0.332 e. The molecule has 1 aromatic heterocycles. The zero-order valence-electron chi connectivity index (χ0n) is 19.2. The van der Waals surface area contributed by atoms with E-state index < -0.39 is 5.92 Å². The molecule has 3 aliphatic rings. The first-order valence-corrected chi connectivity index (χ1v) is 11.3. The number of rotatable bonds is 3. The van der Waals surface area contributed by atoms with Crippen LogP contribution in [-0.4, -0.2) is 81.9 Å². The van der Waals surface area contributed by atoms with Gasteiger partial charge in [-0.15, -0.1) is 0 Å². The molecule has 2 fully saturated rings. The minimum absolute atomic E-state index is 0.139. The monoisotopic (exact) mass is 460 g/mol. The first-order valence-electron chi connectivity index (χ1n) is 11.3. The molecule has 0 spiro atoms. The fraction of sp³-hybridized carbons (Fsp3) is 0.320. The molecule has 1 aromatic carbocycles. The molecule has 174 valence electrons. The van der Waals surface area contributed by atoms with Crippen molar-refractivity contribution in [3.8, 4) is 0 Å². The van der Waals surface area contributed by atoms with Crippen LogP contribution in [-0.2, 0) is 11.3 Å². The zero-order chi connectivity index (χ0) is 23.8. The van der Waals surface area contributed by atoms with Gasteiger partial charge in [-0.1, -0.05) is 24.3 Å². The summed E-state index contributed by atoms with van der Waals surface area (Å²) in [6.07, 6.45) is 4.96. The van der Waals surface area contributed by atoms with Gasteiger partial charge >= 0.3 is 6.03 Å². The molecule has 0 saturated carbocycles. The molecule has 4 amide bonds. The lowest BCUT2D eigenvalue weighted by Crippen LogP contribution is -2.61. The van der Waals surface area contributed by atoms with Crippen LogP contribution in [0.4, 0.5) is 4.79 Å². The third kappa shape index (κ3) is 3.72. The molecule has 2 aromatic rings. The number of carbonyl (C=O) groups excluding carboxylic acids is 3. The SMILES string of the molecule is Cc1ccccc1CN1C(=O)C2C(=NC=CC2=[N+]2CCN(C(=O)c3ccco3)CC2)N(C)C1=O. The number of amidine groups is 1. The second-order valence-electron chi connectivity index (χ2n) is 8.61. The first-order chi connectivity index (χ1) is 16.5. The lowest BCUT2D eigenvalue weighted by atomic mass is 9.93. The van der Waals surface area contributed by atoms with Crippen molar-refractivity contribution in [2.24, 2.45) is 10.9 Å². The van der Waals surface area contributed by atoms with Gasteiger partial charge in [0.05, 0.1) is 25.9 Å². The van der Waals surface area contributed by atoms with Crippen molar-refractivity contribution in [2.75, 3.05) is 33.2 Å². The predicted molar refractivity (Wildman–Crippen MR) is 125 cm³/mol. The van der Waals surface area contributed by atoms with Crippen LogP contribution in [0, 0.1) is 12.8 Å². The van der Waals surface area contributed by atoms with Crippen LogP contribution in [0.2, 0.25) is 0 Å². The Kier molecular flexibility index (Phi) is 5.61. The van der Waals surface area contributed by atoms with E-state index in [9.17, 15) is 14.4 Å². The normalized spacial score (nSPS) is 20.6. The third-order valence-corrected chi connectivity index (χ3v) is 6.63. The van der Waals surface area contributed by atoms with Gasteiger partial charge < -0.3 is 9.32 Å². The first kappa shape index (κ1) is 21.8. The number of imide groups is 1. The number of aryl methyl sites for hydroxylation is 1. The number of allylic oxidation sites excluding steroid dienone is 1. The van der Waals surface area contributed by atoms with Crippen LogP contribution in [0.5, 0.6) is 0 Å². The molecule has 0 bridgehead atoms. The van der Waals surface area contributed by atoms with E-state index in [2.05, 4.69) is 9.57 Å². The molecule has 4 heterocycles. The standard InChI is InChI=1S/C25H26N5O4/c1-17-6-3-4-7-18(17)16-30-24(32)21-19(9-10-26-22(21)27(2)25(30)33)28-11-13-29(14-12-28)23(31)20-8-5-15-34-20/h3-10,15,21H,11-14,16H2,1-2H3/q+1. The Morgan fingerprint density at radius 1 is 1.15 bits per heavy atom. The third-order valence-electron chi connectivity index (χ3n) is 6.63. The number of hydrogen-bond acceptors (Lipinski definition) is 5. The van der Waals surface area contributed by atoms with Crippen molar-refractivity contribution in [3.05, 3.63) is 71.8 Å². The highest BCUT2D eigenvalue weighted by Gasteiger charge is 2.49. The molecule has 0 radical (unpaired) electrons. The highest BCUT2D eigenvalue weighted by atomic mass is 16.3. The van der Waals surface area contributed by atoms with Gasteiger partial charge in [0.15, 0.2) is 30.5 Å². The average Bonchev–Trinajstić information content (AvgIpc) is 3.41. The number of fused-ring (bicyclic) bond motifs is 1. The molecule has 1 unspecified atom stereocenters. The fourth-order valence-electron chi connectivity index (χ4n) is 4.65. The van der Waals surface area contributed by atoms with Gasteiger partial charge in [0.25, 0.3) is 11.8 Å². The minimum atomic E-state index is -0.663. The predicted octanol–water partition coefficient (Wildman–Crippen LogP) is 2.13. The number of furan rings is 1. The van der Waals surface area contributed by atoms with E-state index in [4.69, 9.17) is 4.42 Å². The summed E-state index contributed by atoms with van der Waals surface area (Å²) >= 11 is 0. The number of nitrogens with zero attached hydrogens (tertiary/aromatic N) is 5. The smallest absolute Gasteiger partial charge is 0.332 e. The molecule has 3 aliphatic heterocycles. The van der Waals surface area contributed by atoms with E-state index in [1.165, 1.54) is 16.1 Å². The summed E-state index contributed by atoms with van der Waals surface area (Å²) in [5, 5.41) is 0. The summed E-state index contributed by atoms with van der Waals surface area (Å²) in [4.78, 5) is 48.2. The Morgan fingerprint density at radius 3 is 2.62 bits per heavy atom. The van der Waals surface area contributed by atoms with Crippen molar-refractivity contribution in [1.29, 1.82) is 0 Å². The van der Waals surface area contributed by atoms with Gasteiger partial charge in [-0.2, -0.15) is 0 Å². The Bertz CT molecular complexity index is 1230. The summed E-state index contributed by atoms with van der Waals surface area (Å²) in [6, 6.07) is 10.7. The molecule has 0 aliphatic carbocycles. The van der Waals surface area contributed by atoms with Gasteiger partial charge in [0.1, 0.15) is 5.84 Å². The van der Waals surface area contributed by atoms with Gasteiger partial charge in [-0.25, -0.2) is 14.4 Å². The number of amides is 4. The van der Waals surface area contributed by atoms with Crippen molar-refractivity contribution in [2.45, 2.75) is 13.5 Å². The Labute approximate surface area is 197 Å². The highest BCUT2D eigenvalue weighted by Crippen LogP contribution is 2.25. The van der Waals surface area contributed by atoms with Gasteiger partial charge in [-0.3, -0.25) is 19.4 Å². The topological polar surface area (TPSA) is 89.4 Å². The summed E-state index contributed by atoms with van der Waals surface area (Å²) in [7, 11) is 1.65. The van der Waals surface area contributed by atoms with Crippen molar-refractivity contribution in [3.63, 3.8) is 0 Å². The molecule has 5 rings (SSSR count). The van der Waals surface area contributed by atoms with E-state index in [1.54, 1.807) is 30.3 Å². The van der Waals surface area contributed by atoms with E-state index >= 15 is 0 Å². The van der Waals surface area contributed by atoms with Gasteiger partial charge in [0.2, 0.25) is 0 Å². The summed E-state index contributed by atoms with van der Waals surface area (Å²) in [5.41, 5.74) is 2.75. The number of aliphatic imine (C=N–C) groups is 1. The number of carbonyl (C=O) groups is 3. The summed E-state index contributed by atoms with van der Waals surface area (Å²) < 4.78 is 7.35. The van der Waals surface area contributed by atoms with Crippen molar-refractivity contribution < 1.29 is 23.4 Å². The molecular formula is C25H26N5O4+. The van der Waals surface area contributed by atoms with Crippen LogP contribution in [0.3, 0.4) is 0 Å². The Morgan fingerprint density at radius 2 is 1.91 bits per heavy atom. The number of hydrogen-bond donors (Lipinski definition) is 0.